The van der Waals surface area contributed by atoms with E-state index in [1.807, 2.05) is 24.3 Å². The molecule has 1 amide bonds. The largest absolute Gasteiger partial charge is 0.352 e. The van der Waals surface area contributed by atoms with Gasteiger partial charge in [0, 0.05) is 17.6 Å². The SMILES string of the molecule is CCCC1(C(=O)NCc2ccc(Br)cc2)CCCNC1. The number of hydrogen-bond donors (Lipinski definition) is 2. The van der Waals surface area contributed by atoms with Crippen LogP contribution in [0.5, 0.6) is 0 Å². The zero-order valence-corrected chi connectivity index (χ0v) is 13.6. The van der Waals surface area contributed by atoms with Crippen LogP contribution in [-0.2, 0) is 11.3 Å². The highest BCUT2D eigenvalue weighted by atomic mass is 79.9. The molecule has 1 aliphatic heterocycles. The highest BCUT2D eigenvalue weighted by molar-refractivity contribution is 9.10. The van der Waals surface area contributed by atoms with E-state index in [1.54, 1.807) is 0 Å². The molecule has 0 bridgehead atoms. The lowest BCUT2D eigenvalue weighted by molar-refractivity contribution is -0.132. The van der Waals surface area contributed by atoms with Crippen molar-refractivity contribution in [3.63, 3.8) is 0 Å². The Hall–Kier alpha value is -0.870. The van der Waals surface area contributed by atoms with E-state index in [2.05, 4.69) is 33.5 Å². The van der Waals surface area contributed by atoms with Crippen molar-refractivity contribution in [3.05, 3.63) is 34.3 Å². The van der Waals surface area contributed by atoms with E-state index >= 15 is 0 Å². The lowest BCUT2D eigenvalue weighted by atomic mass is 9.76. The maximum absolute atomic E-state index is 12.6. The maximum Gasteiger partial charge on any atom is 0.227 e. The molecule has 1 aromatic rings. The highest BCUT2D eigenvalue weighted by Gasteiger charge is 2.38. The molecular weight excluding hydrogens is 316 g/mol. The molecule has 1 saturated heterocycles. The Labute approximate surface area is 129 Å². The molecule has 1 unspecified atom stereocenters. The summed E-state index contributed by atoms with van der Waals surface area (Å²) in [4.78, 5) is 12.6. The molecule has 0 aromatic heterocycles. The van der Waals surface area contributed by atoms with Crippen molar-refractivity contribution in [1.29, 1.82) is 0 Å². The van der Waals surface area contributed by atoms with Gasteiger partial charge in [0.25, 0.3) is 0 Å². The molecule has 110 valence electrons. The van der Waals surface area contributed by atoms with Crippen molar-refractivity contribution in [3.8, 4) is 0 Å². The van der Waals surface area contributed by atoms with Gasteiger partial charge < -0.3 is 10.6 Å². The van der Waals surface area contributed by atoms with Crippen LogP contribution in [0.25, 0.3) is 0 Å². The summed E-state index contributed by atoms with van der Waals surface area (Å²) in [5, 5.41) is 6.50. The third-order valence-electron chi connectivity index (χ3n) is 4.05. The minimum atomic E-state index is -0.206. The Kier molecular flexibility index (Phi) is 5.61. The standard InChI is InChI=1S/C16H23BrN2O/c1-2-8-16(9-3-10-18-12-16)15(20)19-11-13-4-6-14(17)7-5-13/h4-7,18H,2-3,8-12H2,1H3,(H,19,20). The Bertz CT molecular complexity index is 433. The normalized spacial score (nSPS) is 22.5. The minimum Gasteiger partial charge on any atom is -0.352 e. The van der Waals surface area contributed by atoms with Crippen molar-refractivity contribution < 1.29 is 4.79 Å². The van der Waals surface area contributed by atoms with Crippen LogP contribution in [0.3, 0.4) is 0 Å². The smallest absolute Gasteiger partial charge is 0.227 e. The van der Waals surface area contributed by atoms with Gasteiger partial charge in [0.15, 0.2) is 0 Å². The predicted molar refractivity (Wildman–Crippen MR) is 85.4 cm³/mol. The molecule has 1 atom stereocenters. The quantitative estimate of drug-likeness (QED) is 0.865. The molecule has 0 saturated carbocycles. The van der Waals surface area contributed by atoms with Crippen LogP contribution in [-0.4, -0.2) is 19.0 Å². The Morgan fingerprint density at radius 1 is 1.40 bits per heavy atom. The average molecular weight is 339 g/mol. The lowest BCUT2D eigenvalue weighted by Gasteiger charge is -2.36. The third-order valence-corrected chi connectivity index (χ3v) is 4.58. The molecule has 1 fully saturated rings. The van der Waals surface area contributed by atoms with Gasteiger partial charge >= 0.3 is 0 Å². The fourth-order valence-electron chi connectivity index (χ4n) is 2.94. The van der Waals surface area contributed by atoms with Crippen LogP contribution in [0.1, 0.15) is 38.2 Å². The first-order valence-electron chi connectivity index (χ1n) is 7.40. The first-order valence-corrected chi connectivity index (χ1v) is 8.19. The first kappa shape index (κ1) is 15.5. The number of halogens is 1. The molecule has 2 N–H and O–H groups in total. The van der Waals surface area contributed by atoms with Gasteiger partial charge in [0.2, 0.25) is 5.91 Å². The van der Waals surface area contributed by atoms with E-state index in [0.29, 0.717) is 6.54 Å². The van der Waals surface area contributed by atoms with Crippen LogP contribution in [0.15, 0.2) is 28.7 Å². The summed E-state index contributed by atoms with van der Waals surface area (Å²) in [5.41, 5.74) is 0.930. The molecule has 0 spiro atoms. The molecule has 4 heteroatoms. The van der Waals surface area contributed by atoms with Gasteiger partial charge in [-0.15, -0.1) is 0 Å². The fraction of sp³-hybridized carbons (Fsp3) is 0.562. The number of carbonyl (C=O) groups is 1. The van der Waals surface area contributed by atoms with Crippen LogP contribution >= 0.6 is 15.9 Å². The molecular formula is C16H23BrN2O. The van der Waals surface area contributed by atoms with Crippen molar-refractivity contribution >= 4 is 21.8 Å². The van der Waals surface area contributed by atoms with E-state index < -0.39 is 0 Å². The van der Waals surface area contributed by atoms with Gasteiger partial charge in [-0.3, -0.25) is 4.79 Å². The predicted octanol–water partition coefficient (Wildman–Crippen LogP) is 3.24. The van der Waals surface area contributed by atoms with Gasteiger partial charge in [0.05, 0.1) is 5.41 Å². The number of amides is 1. The van der Waals surface area contributed by atoms with Crippen molar-refractivity contribution in [2.24, 2.45) is 5.41 Å². The van der Waals surface area contributed by atoms with Gasteiger partial charge in [-0.25, -0.2) is 0 Å². The monoisotopic (exact) mass is 338 g/mol. The van der Waals surface area contributed by atoms with E-state index in [1.165, 1.54) is 0 Å². The number of rotatable bonds is 5. The molecule has 0 radical (unpaired) electrons. The Balaban J connectivity index is 1.96. The van der Waals surface area contributed by atoms with Crippen LogP contribution in [0.4, 0.5) is 0 Å². The zero-order valence-electron chi connectivity index (χ0n) is 12.0. The molecule has 1 aromatic carbocycles. The van der Waals surface area contributed by atoms with E-state index in [9.17, 15) is 4.79 Å². The summed E-state index contributed by atoms with van der Waals surface area (Å²) in [6.07, 6.45) is 4.10. The minimum absolute atomic E-state index is 0.203. The third kappa shape index (κ3) is 3.83. The molecule has 1 aliphatic rings. The highest BCUT2D eigenvalue weighted by Crippen LogP contribution is 2.31. The number of benzene rings is 1. The number of nitrogens with one attached hydrogen (secondary N) is 2. The summed E-state index contributed by atoms with van der Waals surface area (Å²) in [5.74, 6) is 0.203. The van der Waals surface area contributed by atoms with Crippen molar-refractivity contribution in [2.45, 2.75) is 39.2 Å². The molecule has 20 heavy (non-hydrogen) atoms. The fourth-order valence-corrected chi connectivity index (χ4v) is 3.20. The molecule has 1 heterocycles. The molecule has 2 rings (SSSR count). The summed E-state index contributed by atoms with van der Waals surface area (Å²) in [7, 11) is 0. The zero-order chi connectivity index (χ0) is 14.4. The lowest BCUT2D eigenvalue weighted by Crippen LogP contribution is -2.50. The van der Waals surface area contributed by atoms with E-state index in [0.717, 1.165) is 48.8 Å². The van der Waals surface area contributed by atoms with Crippen LogP contribution in [0, 0.1) is 5.41 Å². The van der Waals surface area contributed by atoms with Crippen LogP contribution < -0.4 is 10.6 Å². The second kappa shape index (κ2) is 7.23. The van der Waals surface area contributed by atoms with E-state index in [4.69, 9.17) is 0 Å². The Morgan fingerprint density at radius 3 is 2.75 bits per heavy atom. The van der Waals surface area contributed by atoms with Gasteiger partial charge in [-0.2, -0.15) is 0 Å². The van der Waals surface area contributed by atoms with Gasteiger partial charge in [0.1, 0.15) is 0 Å². The van der Waals surface area contributed by atoms with Crippen molar-refractivity contribution in [2.75, 3.05) is 13.1 Å². The van der Waals surface area contributed by atoms with Crippen LogP contribution in [0.2, 0.25) is 0 Å². The first-order chi connectivity index (χ1) is 9.66. The number of carbonyl (C=O) groups excluding carboxylic acids is 1. The topological polar surface area (TPSA) is 41.1 Å². The van der Waals surface area contributed by atoms with E-state index in [-0.39, 0.29) is 11.3 Å². The van der Waals surface area contributed by atoms with Gasteiger partial charge in [-0.05, 0) is 43.5 Å². The summed E-state index contributed by atoms with van der Waals surface area (Å²) < 4.78 is 1.06. The second-order valence-corrected chi connectivity index (χ2v) is 6.54. The number of hydrogen-bond acceptors (Lipinski definition) is 2. The Morgan fingerprint density at radius 2 is 2.15 bits per heavy atom. The summed E-state index contributed by atoms with van der Waals surface area (Å²) in [6, 6.07) is 8.09. The van der Waals surface area contributed by atoms with Gasteiger partial charge in [-0.1, -0.05) is 41.4 Å². The van der Waals surface area contributed by atoms with Crippen molar-refractivity contribution in [1.82, 2.24) is 10.6 Å². The number of piperidine rings is 1. The summed E-state index contributed by atoms with van der Waals surface area (Å²) in [6.45, 7) is 4.61. The summed E-state index contributed by atoms with van der Waals surface area (Å²) >= 11 is 3.42. The molecule has 3 nitrogen and oxygen atoms in total. The average Bonchev–Trinajstić information content (AvgIpc) is 2.47. The second-order valence-electron chi connectivity index (χ2n) is 5.62. The molecule has 0 aliphatic carbocycles. The maximum atomic E-state index is 12.6.